The highest BCUT2D eigenvalue weighted by Crippen LogP contribution is 2.13. The molecule has 0 saturated heterocycles. The first-order valence-corrected chi connectivity index (χ1v) is 4.42. The van der Waals surface area contributed by atoms with Gasteiger partial charge in [0.2, 0.25) is 0 Å². The largest absolute Gasteiger partial charge is 0.326 e. The van der Waals surface area contributed by atoms with E-state index in [0.29, 0.717) is 6.54 Å². The summed E-state index contributed by atoms with van der Waals surface area (Å²) < 4.78 is 2.78. The second-order valence-corrected chi connectivity index (χ2v) is 3.27. The fraction of sp³-hybridized carbons (Fsp3) is 0.125. The molecule has 62 valence electrons. The minimum Gasteiger partial charge on any atom is -0.326 e. The highest BCUT2D eigenvalue weighted by atomic mass is 79.9. The topological polar surface area (TPSA) is 43.3 Å². The van der Waals surface area contributed by atoms with E-state index in [9.17, 15) is 0 Å². The number of fused-ring (bicyclic) bond motifs is 1. The van der Waals surface area contributed by atoms with Crippen LogP contribution in [0.2, 0.25) is 0 Å². The van der Waals surface area contributed by atoms with E-state index >= 15 is 0 Å². The molecule has 2 heterocycles. The van der Waals surface area contributed by atoms with Gasteiger partial charge in [0.05, 0.1) is 11.7 Å². The summed E-state index contributed by atoms with van der Waals surface area (Å²) >= 11 is 3.33. The van der Waals surface area contributed by atoms with Gasteiger partial charge in [-0.1, -0.05) is 0 Å². The molecule has 0 aliphatic rings. The van der Waals surface area contributed by atoms with E-state index < -0.39 is 0 Å². The van der Waals surface area contributed by atoms with E-state index in [0.717, 1.165) is 15.8 Å². The molecule has 0 unspecified atom stereocenters. The van der Waals surface area contributed by atoms with Crippen LogP contribution in [0.25, 0.3) is 5.52 Å². The predicted octanol–water partition coefficient (Wildman–Crippen LogP) is 1.56. The summed E-state index contributed by atoms with van der Waals surface area (Å²) in [7, 11) is 0. The Hall–Kier alpha value is -0.870. The van der Waals surface area contributed by atoms with Crippen LogP contribution in [0.1, 0.15) is 5.56 Å². The van der Waals surface area contributed by atoms with E-state index in [2.05, 4.69) is 20.9 Å². The van der Waals surface area contributed by atoms with Crippen LogP contribution in [0.5, 0.6) is 0 Å². The van der Waals surface area contributed by atoms with Gasteiger partial charge in [-0.3, -0.25) is 4.40 Å². The summed E-state index contributed by atoms with van der Waals surface area (Å²) in [6.07, 6.45) is 3.76. The second kappa shape index (κ2) is 2.88. The Kier molecular flexibility index (Phi) is 1.86. The molecular weight excluding hydrogens is 218 g/mol. The van der Waals surface area contributed by atoms with Crippen LogP contribution >= 0.6 is 15.9 Å². The number of pyridine rings is 1. The Morgan fingerprint density at radius 2 is 2.42 bits per heavy atom. The Balaban J connectivity index is 2.69. The van der Waals surface area contributed by atoms with Gasteiger partial charge in [0.15, 0.2) is 4.73 Å². The van der Waals surface area contributed by atoms with Gasteiger partial charge in [-0.05, 0) is 33.6 Å². The van der Waals surface area contributed by atoms with E-state index in [4.69, 9.17) is 5.73 Å². The SMILES string of the molecule is NCc1ccn2c(Br)ncc2c1. The molecule has 0 atom stereocenters. The smallest absolute Gasteiger partial charge is 0.181 e. The zero-order valence-corrected chi connectivity index (χ0v) is 7.95. The van der Waals surface area contributed by atoms with Crippen LogP contribution in [0, 0.1) is 0 Å². The quantitative estimate of drug-likeness (QED) is 0.801. The highest BCUT2D eigenvalue weighted by molar-refractivity contribution is 9.10. The second-order valence-electron chi connectivity index (χ2n) is 2.56. The molecule has 0 aliphatic carbocycles. The maximum absolute atomic E-state index is 5.51. The third-order valence-corrected chi connectivity index (χ3v) is 2.37. The van der Waals surface area contributed by atoms with Crippen molar-refractivity contribution < 1.29 is 0 Å². The first-order valence-electron chi connectivity index (χ1n) is 3.63. The maximum Gasteiger partial charge on any atom is 0.181 e. The van der Waals surface area contributed by atoms with Crippen molar-refractivity contribution in [3.63, 3.8) is 0 Å². The van der Waals surface area contributed by atoms with Gasteiger partial charge >= 0.3 is 0 Å². The summed E-state index contributed by atoms with van der Waals surface area (Å²) in [6, 6.07) is 4.01. The molecule has 0 bridgehead atoms. The Morgan fingerprint density at radius 1 is 1.58 bits per heavy atom. The highest BCUT2D eigenvalue weighted by Gasteiger charge is 1.99. The summed E-state index contributed by atoms with van der Waals surface area (Å²) in [4.78, 5) is 4.11. The van der Waals surface area contributed by atoms with Crippen LogP contribution in [0.4, 0.5) is 0 Å². The molecule has 2 N–H and O–H groups in total. The fourth-order valence-electron chi connectivity index (χ4n) is 1.14. The molecule has 0 saturated carbocycles. The lowest BCUT2D eigenvalue weighted by molar-refractivity contribution is 1.04. The third kappa shape index (κ3) is 1.13. The fourth-order valence-corrected chi connectivity index (χ4v) is 1.57. The van der Waals surface area contributed by atoms with E-state index in [1.165, 1.54) is 0 Å². The lowest BCUT2D eigenvalue weighted by Crippen LogP contribution is -1.96. The van der Waals surface area contributed by atoms with E-state index in [-0.39, 0.29) is 0 Å². The first kappa shape index (κ1) is 7.76. The van der Waals surface area contributed by atoms with Crippen LogP contribution in [-0.4, -0.2) is 9.38 Å². The summed E-state index contributed by atoms with van der Waals surface area (Å²) in [5, 5.41) is 0. The number of nitrogens with zero attached hydrogens (tertiary/aromatic N) is 2. The Labute approximate surface area is 78.3 Å². The lowest BCUT2D eigenvalue weighted by atomic mass is 10.2. The zero-order chi connectivity index (χ0) is 8.55. The molecule has 2 aromatic rings. The average molecular weight is 226 g/mol. The minimum atomic E-state index is 0.569. The molecule has 12 heavy (non-hydrogen) atoms. The van der Waals surface area contributed by atoms with Crippen molar-refractivity contribution in [2.24, 2.45) is 5.73 Å². The number of hydrogen-bond acceptors (Lipinski definition) is 2. The average Bonchev–Trinajstić information content (AvgIpc) is 2.47. The standard InChI is InChI=1S/C8H8BrN3/c9-8-11-5-7-3-6(4-10)1-2-12(7)8/h1-3,5H,4,10H2. The van der Waals surface area contributed by atoms with Crippen molar-refractivity contribution in [1.82, 2.24) is 9.38 Å². The first-order chi connectivity index (χ1) is 5.81. The van der Waals surface area contributed by atoms with E-state index in [1.54, 1.807) is 0 Å². The van der Waals surface area contributed by atoms with Gasteiger partial charge in [-0.25, -0.2) is 4.98 Å². The van der Waals surface area contributed by atoms with Gasteiger partial charge in [0.25, 0.3) is 0 Å². The van der Waals surface area contributed by atoms with E-state index in [1.807, 2.05) is 28.9 Å². The predicted molar refractivity (Wildman–Crippen MR) is 50.8 cm³/mol. The zero-order valence-electron chi connectivity index (χ0n) is 6.37. The molecule has 0 spiro atoms. The van der Waals surface area contributed by atoms with Gasteiger partial charge in [0, 0.05) is 12.7 Å². The molecule has 0 aliphatic heterocycles. The van der Waals surface area contributed by atoms with Gasteiger partial charge in [0.1, 0.15) is 0 Å². The van der Waals surface area contributed by atoms with Gasteiger partial charge < -0.3 is 5.73 Å². The van der Waals surface area contributed by atoms with Crippen molar-refractivity contribution in [2.75, 3.05) is 0 Å². The molecule has 0 radical (unpaired) electrons. The number of aromatic nitrogens is 2. The number of halogens is 1. The van der Waals surface area contributed by atoms with Gasteiger partial charge in [-0.2, -0.15) is 0 Å². The van der Waals surface area contributed by atoms with Crippen LogP contribution in [-0.2, 0) is 6.54 Å². The van der Waals surface area contributed by atoms with Crippen LogP contribution in [0.3, 0.4) is 0 Å². The van der Waals surface area contributed by atoms with Gasteiger partial charge in [-0.15, -0.1) is 0 Å². The summed E-state index contributed by atoms with van der Waals surface area (Å²) in [6.45, 7) is 0.569. The molecule has 0 fully saturated rings. The number of rotatable bonds is 1. The molecule has 0 amide bonds. The normalized spacial score (nSPS) is 10.8. The van der Waals surface area contributed by atoms with Crippen LogP contribution < -0.4 is 5.73 Å². The molecular formula is C8H8BrN3. The van der Waals surface area contributed by atoms with Crippen LogP contribution in [0.15, 0.2) is 29.3 Å². The van der Waals surface area contributed by atoms with Crippen molar-refractivity contribution in [2.45, 2.75) is 6.54 Å². The third-order valence-electron chi connectivity index (χ3n) is 1.79. The maximum atomic E-state index is 5.51. The summed E-state index contributed by atoms with van der Waals surface area (Å²) in [5.74, 6) is 0. The molecule has 4 heteroatoms. The molecule has 2 aromatic heterocycles. The van der Waals surface area contributed by atoms with Crippen molar-refractivity contribution in [3.8, 4) is 0 Å². The lowest BCUT2D eigenvalue weighted by Gasteiger charge is -1.98. The van der Waals surface area contributed by atoms with Crippen molar-refractivity contribution in [1.29, 1.82) is 0 Å². The van der Waals surface area contributed by atoms with Crippen molar-refractivity contribution >= 4 is 21.4 Å². The Bertz CT molecular complexity index is 408. The monoisotopic (exact) mass is 225 g/mol. The number of imidazole rings is 1. The Morgan fingerprint density at radius 3 is 3.17 bits per heavy atom. The van der Waals surface area contributed by atoms with Crippen molar-refractivity contribution in [3.05, 3.63) is 34.8 Å². The molecule has 3 nitrogen and oxygen atoms in total. The molecule has 2 rings (SSSR count). The summed E-state index contributed by atoms with van der Waals surface area (Å²) in [5.41, 5.74) is 7.69. The number of nitrogens with two attached hydrogens (primary N) is 1. The minimum absolute atomic E-state index is 0.569. The number of hydrogen-bond donors (Lipinski definition) is 1. The molecule has 0 aromatic carbocycles.